The molecule has 6 heteroatoms. The number of anilines is 2. The Morgan fingerprint density at radius 2 is 1.43 bits per heavy atom. The number of ether oxygens (including phenoxy) is 2. The molecule has 148 valence electrons. The van der Waals surface area contributed by atoms with E-state index in [-0.39, 0.29) is 11.8 Å². The normalized spacial score (nSPS) is 14.2. The molecule has 6 nitrogen and oxygen atoms in total. The summed E-state index contributed by atoms with van der Waals surface area (Å²) < 4.78 is 10.5. The summed E-state index contributed by atoms with van der Waals surface area (Å²) in [5.41, 5.74) is 3.42. The molecular weight excluding hydrogens is 356 g/mol. The molecule has 0 bridgehead atoms. The largest absolute Gasteiger partial charge is 0.493 e. The predicted octanol–water partition coefficient (Wildman–Crippen LogP) is 3.99. The molecule has 2 aromatic rings. The van der Waals surface area contributed by atoms with Crippen LogP contribution in [0.25, 0.3) is 0 Å². The van der Waals surface area contributed by atoms with Crippen LogP contribution in [-0.2, 0) is 9.59 Å². The first kappa shape index (κ1) is 19.7. The number of amides is 2. The fraction of sp³-hybridized carbons (Fsp3) is 0.364. The second-order valence-corrected chi connectivity index (χ2v) is 7.33. The molecule has 1 fully saturated rings. The molecule has 0 unspecified atom stereocenters. The van der Waals surface area contributed by atoms with Gasteiger partial charge < -0.3 is 20.1 Å². The molecule has 0 spiro atoms. The maximum Gasteiger partial charge on any atom is 0.240 e. The molecule has 3 rings (SSSR count). The number of nitrogens with one attached hydrogen (secondary N) is 2. The number of carbonyl (C=O) groups excluding carboxylic acids is 2. The SMILES string of the molecule is COc1ccc(NC(=O)C2(C(=O)Nc3c(C)cc(C)cc3C)CC2)cc1OC. The molecule has 2 N–H and O–H groups in total. The van der Waals surface area contributed by atoms with Crippen LogP contribution in [0.5, 0.6) is 11.5 Å². The lowest BCUT2D eigenvalue weighted by Crippen LogP contribution is -2.36. The highest BCUT2D eigenvalue weighted by atomic mass is 16.5. The van der Waals surface area contributed by atoms with Gasteiger partial charge in [0.25, 0.3) is 0 Å². The van der Waals surface area contributed by atoms with Crippen molar-refractivity contribution in [1.29, 1.82) is 0 Å². The van der Waals surface area contributed by atoms with Crippen molar-refractivity contribution >= 4 is 23.2 Å². The molecule has 0 radical (unpaired) electrons. The first-order chi connectivity index (χ1) is 13.3. The van der Waals surface area contributed by atoms with Crippen molar-refractivity contribution in [3.05, 3.63) is 47.0 Å². The fourth-order valence-corrected chi connectivity index (χ4v) is 3.46. The maximum atomic E-state index is 12.9. The van der Waals surface area contributed by atoms with E-state index in [1.54, 1.807) is 25.3 Å². The van der Waals surface area contributed by atoms with Crippen LogP contribution >= 0.6 is 0 Å². The Hall–Kier alpha value is -3.02. The molecule has 2 amide bonds. The van der Waals surface area contributed by atoms with Crippen molar-refractivity contribution in [1.82, 2.24) is 0 Å². The van der Waals surface area contributed by atoms with Crippen LogP contribution in [0.4, 0.5) is 11.4 Å². The van der Waals surface area contributed by atoms with Gasteiger partial charge in [0.1, 0.15) is 5.41 Å². The highest BCUT2D eigenvalue weighted by Crippen LogP contribution is 2.48. The lowest BCUT2D eigenvalue weighted by Gasteiger charge is -2.18. The Balaban J connectivity index is 1.76. The summed E-state index contributed by atoms with van der Waals surface area (Å²) in [5.74, 6) is 0.519. The zero-order valence-electron chi connectivity index (χ0n) is 16.9. The van der Waals surface area contributed by atoms with E-state index < -0.39 is 5.41 Å². The Morgan fingerprint density at radius 1 is 0.857 bits per heavy atom. The van der Waals surface area contributed by atoms with E-state index >= 15 is 0 Å². The topological polar surface area (TPSA) is 76.7 Å². The third kappa shape index (κ3) is 3.67. The summed E-state index contributed by atoms with van der Waals surface area (Å²) in [6.07, 6.45) is 1.06. The van der Waals surface area contributed by atoms with Crippen molar-refractivity contribution in [2.75, 3.05) is 24.9 Å². The summed E-state index contributed by atoms with van der Waals surface area (Å²) in [6.45, 7) is 5.93. The van der Waals surface area contributed by atoms with Crippen molar-refractivity contribution in [3.63, 3.8) is 0 Å². The minimum absolute atomic E-state index is 0.263. The van der Waals surface area contributed by atoms with Crippen LogP contribution in [0.15, 0.2) is 30.3 Å². The lowest BCUT2D eigenvalue weighted by atomic mass is 10.0. The van der Waals surface area contributed by atoms with E-state index in [0.717, 1.165) is 22.4 Å². The van der Waals surface area contributed by atoms with Gasteiger partial charge >= 0.3 is 0 Å². The number of carbonyl (C=O) groups is 2. The predicted molar refractivity (Wildman–Crippen MR) is 109 cm³/mol. The van der Waals surface area contributed by atoms with Crippen molar-refractivity contribution < 1.29 is 19.1 Å². The number of aryl methyl sites for hydroxylation is 3. The summed E-state index contributed by atoms with van der Waals surface area (Å²) in [4.78, 5) is 25.8. The molecule has 1 aliphatic rings. The molecule has 0 saturated heterocycles. The fourth-order valence-electron chi connectivity index (χ4n) is 3.46. The zero-order chi connectivity index (χ0) is 20.5. The van der Waals surface area contributed by atoms with Crippen molar-refractivity contribution in [2.24, 2.45) is 5.41 Å². The third-order valence-electron chi connectivity index (χ3n) is 5.18. The highest BCUT2D eigenvalue weighted by molar-refractivity contribution is 6.17. The molecular formula is C22H26N2O4. The summed E-state index contributed by atoms with van der Waals surface area (Å²) in [6, 6.07) is 9.16. The van der Waals surface area contributed by atoms with Gasteiger partial charge in [-0.15, -0.1) is 0 Å². The van der Waals surface area contributed by atoms with E-state index in [2.05, 4.69) is 10.6 Å². The van der Waals surface area contributed by atoms with Gasteiger partial charge in [0.15, 0.2) is 11.5 Å². The van der Waals surface area contributed by atoms with Crippen LogP contribution in [0, 0.1) is 26.2 Å². The quantitative estimate of drug-likeness (QED) is 0.741. The van der Waals surface area contributed by atoms with Crippen LogP contribution in [-0.4, -0.2) is 26.0 Å². The van der Waals surface area contributed by atoms with Gasteiger partial charge in [-0.3, -0.25) is 9.59 Å². The van der Waals surface area contributed by atoms with Crippen LogP contribution < -0.4 is 20.1 Å². The Bertz CT molecular complexity index is 909. The average Bonchev–Trinajstić information content (AvgIpc) is 3.46. The molecule has 0 aliphatic heterocycles. The average molecular weight is 382 g/mol. The van der Waals surface area contributed by atoms with E-state index in [0.29, 0.717) is 30.0 Å². The molecule has 2 aromatic carbocycles. The second-order valence-electron chi connectivity index (χ2n) is 7.33. The first-order valence-corrected chi connectivity index (χ1v) is 9.23. The monoisotopic (exact) mass is 382 g/mol. The zero-order valence-corrected chi connectivity index (χ0v) is 16.9. The summed E-state index contributed by atoms with van der Waals surface area (Å²) in [7, 11) is 3.08. The maximum absolute atomic E-state index is 12.9. The minimum Gasteiger partial charge on any atom is -0.493 e. The van der Waals surface area contributed by atoms with Gasteiger partial charge in [-0.05, 0) is 56.9 Å². The van der Waals surface area contributed by atoms with Crippen LogP contribution in [0.1, 0.15) is 29.5 Å². The second kappa shape index (κ2) is 7.54. The number of hydrogen-bond donors (Lipinski definition) is 2. The Labute approximate surface area is 165 Å². The molecule has 0 heterocycles. The van der Waals surface area contributed by atoms with E-state index in [1.165, 1.54) is 7.11 Å². The molecule has 1 aliphatic carbocycles. The van der Waals surface area contributed by atoms with Gasteiger partial charge in [-0.1, -0.05) is 17.7 Å². The van der Waals surface area contributed by atoms with Gasteiger partial charge in [0.2, 0.25) is 11.8 Å². The van der Waals surface area contributed by atoms with E-state index in [9.17, 15) is 9.59 Å². The third-order valence-corrected chi connectivity index (χ3v) is 5.18. The smallest absolute Gasteiger partial charge is 0.240 e. The molecule has 0 atom stereocenters. The van der Waals surface area contributed by atoms with Crippen LogP contribution in [0.3, 0.4) is 0 Å². The van der Waals surface area contributed by atoms with E-state index in [1.807, 2.05) is 32.9 Å². The Morgan fingerprint density at radius 3 is 1.96 bits per heavy atom. The number of methoxy groups -OCH3 is 2. The molecule has 1 saturated carbocycles. The number of hydrogen-bond acceptors (Lipinski definition) is 4. The van der Waals surface area contributed by atoms with Crippen LogP contribution in [0.2, 0.25) is 0 Å². The lowest BCUT2D eigenvalue weighted by molar-refractivity contribution is -0.131. The Kier molecular flexibility index (Phi) is 5.31. The first-order valence-electron chi connectivity index (χ1n) is 9.23. The number of benzene rings is 2. The molecule has 28 heavy (non-hydrogen) atoms. The summed E-state index contributed by atoms with van der Waals surface area (Å²) in [5, 5.41) is 5.81. The standard InChI is InChI=1S/C22H26N2O4/c1-13-10-14(2)19(15(3)11-13)24-21(26)22(8-9-22)20(25)23-16-6-7-17(27-4)18(12-16)28-5/h6-7,10-12H,8-9H2,1-5H3,(H,23,25)(H,24,26). The van der Waals surface area contributed by atoms with Crippen molar-refractivity contribution in [3.8, 4) is 11.5 Å². The van der Waals surface area contributed by atoms with E-state index in [4.69, 9.17) is 9.47 Å². The number of rotatable bonds is 6. The highest BCUT2D eigenvalue weighted by Gasteiger charge is 2.56. The van der Waals surface area contributed by atoms with Gasteiger partial charge in [-0.25, -0.2) is 0 Å². The molecule has 0 aromatic heterocycles. The van der Waals surface area contributed by atoms with Gasteiger partial charge in [0.05, 0.1) is 14.2 Å². The summed E-state index contributed by atoms with van der Waals surface area (Å²) >= 11 is 0. The minimum atomic E-state index is -1.03. The van der Waals surface area contributed by atoms with Crippen molar-refractivity contribution in [2.45, 2.75) is 33.6 Å². The van der Waals surface area contributed by atoms with Gasteiger partial charge in [-0.2, -0.15) is 0 Å². The van der Waals surface area contributed by atoms with Gasteiger partial charge in [0, 0.05) is 17.4 Å².